The van der Waals surface area contributed by atoms with Gasteiger partial charge in [-0.3, -0.25) is 19.4 Å². The molecule has 1 unspecified atom stereocenters. The molecule has 1 N–H and O–H groups in total. The van der Waals surface area contributed by atoms with Gasteiger partial charge in [-0.2, -0.15) is 18.2 Å². The predicted octanol–water partition coefficient (Wildman–Crippen LogP) is 5.35. The number of anilines is 1. The Morgan fingerprint density at radius 1 is 1.02 bits per heavy atom. The quantitative estimate of drug-likeness (QED) is 0.369. The van der Waals surface area contributed by atoms with E-state index >= 15 is 0 Å². The van der Waals surface area contributed by atoms with Crippen molar-refractivity contribution in [2.24, 2.45) is 11.8 Å². The van der Waals surface area contributed by atoms with Crippen LogP contribution in [0.4, 0.5) is 19.2 Å². The molecule has 4 heterocycles. The number of likely N-dealkylation sites (tertiary alicyclic amines) is 1. The second kappa shape index (κ2) is 11.9. The average molecular weight is 585 g/mol. The molecular formula is C30H31F3N4O5. The summed E-state index contributed by atoms with van der Waals surface area (Å²) in [6.45, 7) is 3.78. The third-order valence-corrected chi connectivity index (χ3v) is 7.82. The Bertz CT molecular complexity index is 1450. The van der Waals surface area contributed by atoms with E-state index in [1.54, 1.807) is 46.2 Å². The number of alkyl halides is 3. The molecule has 1 amide bonds. The van der Waals surface area contributed by atoms with Gasteiger partial charge in [-0.15, -0.1) is 0 Å². The highest BCUT2D eigenvalue weighted by molar-refractivity contribution is 5.96. The molecule has 42 heavy (non-hydrogen) atoms. The first-order valence-corrected chi connectivity index (χ1v) is 13.9. The molecule has 0 radical (unpaired) electrons. The molecule has 2 aromatic heterocycles. The Balaban J connectivity index is 1.24. The van der Waals surface area contributed by atoms with E-state index in [2.05, 4.69) is 9.97 Å². The normalized spacial score (nSPS) is 18.2. The molecule has 9 nitrogen and oxygen atoms in total. The number of benzene rings is 1. The van der Waals surface area contributed by atoms with Gasteiger partial charge in [-0.05, 0) is 49.3 Å². The van der Waals surface area contributed by atoms with Crippen LogP contribution in [-0.2, 0) is 17.4 Å². The highest BCUT2D eigenvalue weighted by atomic mass is 19.4. The fourth-order valence-electron chi connectivity index (χ4n) is 5.45. The fourth-order valence-corrected chi connectivity index (χ4v) is 5.45. The second-order valence-corrected chi connectivity index (χ2v) is 11.0. The number of carboxylic acid groups (broad SMARTS) is 1. The zero-order valence-electron chi connectivity index (χ0n) is 23.1. The van der Waals surface area contributed by atoms with Crippen molar-refractivity contribution in [2.75, 3.05) is 31.1 Å². The van der Waals surface area contributed by atoms with Crippen LogP contribution in [0.1, 0.15) is 64.8 Å². The first kappa shape index (κ1) is 29.3. The lowest BCUT2D eigenvalue weighted by Gasteiger charge is -2.30. The molecule has 2 aliphatic rings. The number of hydrogen-bond acceptors (Lipinski definition) is 7. The number of aromatic nitrogens is 2. The van der Waals surface area contributed by atoms with E-state index in [0.29, 0.717) is 61.4 Å². The summed E-state index contributed by atoms with van der Waals surface area (Å²) < 4.78 is 46.6. The standard InChI is InChI=1S/C30H31F3N4O5/c1-18-3-2-12-37(17-18)29-35-26(30(31,32)33)25(42-29)24(38)15-19-4-6-20(7-5-19)23-9-8-22(16-34-23)27(39)36-13-10-21(11-14-36)28(40)41/h4-9,16,18,21H,2-3,10-15,17H2,1H3,(H,40,41). The van der Waals surface area contributed by atoms with Gasteiger partial charge < -0.3 is 19.3 Å². The molecule has 1 aromatic carbocycles. The summed E-state index contributed by atoms with van der Waals surface area (Å²) in [5.41, 5.74) is 0.856. The summed E-state index contributed by atoms with van der Waals surface area (Å²) >= 11 is 0. The average Bonchev–Trinajstić information content (AvgIpc) is 3.44. The smallest absolute Gasteiger partial charge is 0.437 e. The molecule has 1 atom stereocenters. The van der Waals surface area contributed by atoms with Gasteiger partial charge in [0.25, 0.3) is 11.9 Å². The highest BCUT2D eigenvalue weighted by Crippen LogP contribution is 2.35. The van der Waals surface area contributed by atoms with Gasteiger partial charge in [-0.25, -0.2) is 0 Å². The van der Waals surface area contributed by atoms with E-state index in [-0.39, 0.29) is 24.3 Å². The van der Waals surface area contributed by atoms with Gasteiger partial charge in [-0.1, -0.05) is 31.2 Å². The molecule has 3 aromatic rings. The van der Waals surface area contributed by atoms with Crippen LogP contribution in [0.15, 0.2) is 47.0 Å². The number of hydrogen-bond donors (Lipinski definition) is 1. The summed E-state index contributed by atoms with van der Waals surface area (Å²) in [4.78, 5) is 48.2. The van der Waals surface area contributed by atoms with Crippen LogP contribution in [0.3, 0.4) is 0 Å². The number of ketones is 1. The maximum Gasteiger partial charge on any atom is 0.437 e. The molecule has 0 bridgehead atoms. The monoisotopic (exact) mass is 584 g/mol. The first-order chi connectivity index (χ1) is 20.0. The van der Waals surface area contributed by atoms with Crippen LogP contribution >= 0.6 is 0 Å². The Labute approximate surface area is 240 Å². The summed E-state index contributed by atoms with van der Waals surface area (Å²) in [7, 11) is 0. The van der Waals surface area contributed by atoms with E-state index < -0.39 is 35.3 Å². The minimum atomic E-state index is -4.83. The molecule has 0 saturated carbocycles. The Morgan fingerprint density at radius 3 is 2.33 bits per heavy atom. The molecule has 2 aliphatic heterocycles. The van der Waals surface area contributed by atoms with Gasteiger partial charge in [0.1, 0.15) is 0 Å². The molecule has 0 aliphatic carbocycles. The minimum absolute atomic E-state index is 0.176. The number of halogens is 3. The van der Waals surface area contributed by atoms with Crippen molar-refractivity contribution in [1.82, 2.24) is 14.9 Å². The number of rotatable bonds is 7. The Kier molecular flexibility index (Phi) is 8.33. The largest absolute Gasteiger partial charge is 0.481 e. The second-order valence-electron chi connectivity index (χ2n) is 11.0. The van der Waals surface area contributed by atoms with Crippen molar-refractivity contribution in [2.45, 2.75) is 45.2 Å². The van der Waals surface area contributed by atoms with Gasteiger partial charge in [0.15, 0.2) is 5.69 Å². The number of carbonyl (C=O) groups excluding carboxylic acids is 2. The third-order valence-electron chi connectivity index (χ3n) is 7.82. The van der Waals surface area contributed by atoms with Crippen molar-refractivity contribution in [3.8, 4) is 11.3 Å². The first-order valence-electron chi connectivity index (χ1n) is 13.9. The van der Waals surface area contributed by atoms with Crippen molar-refractivity contribution < 1.29 is 37.1 Å². The van der Waals surface area contributed by atoms with Crippen LogP contribution in [-0.4, -0.2) is 63.8 Å². The number of amides is 1. The van der Waals surface area contributed by atoms with Crippen LogP contribution in [0.25, 0.3) is 11.3 Å². The molecule has 2 saturated heterocycles. The lowest BCUT2D eigenvalue weighted by atomic mass is 9.96. The topological polar surface area (TPSA) is 117 Å². The van der Waals surface area contributed by atoms with E-state index in [1.165, 1.54) is 6.20 Å². The summed E-state index contributed by atoms with van der Waals surface area (Å²) in [5, 5.41) is 9.15. The van der Waals surface area contributed by atoms with Gasteiger partial charge in [0, 0.05) is 44.4 Å². The number of aliphatic carboxylic acids is 1. The van der Waals surface area contributed by atoms with Crippen molar-refractivity contribution in [1.29, 1.82) is 0 Å². The van der Waals surface area contributed by atoms with Crippen LogP contribution in [0.2, 0.25) is 0 Å². The van der Waals surface area contributed by atoms with Crippen LogP contribution in [0, 0.1) is 11.8 Å². The van der Waals surface area contributed by atoms with Crippen LogP contribution < -0.4 is 4.90 Å². The maximum atomic E-state index is 13.7. The molecule has 5 rings (SSSR count). The number of Topliss-reactive ketones (excluding diaryl/α,β-unsaturated/α-hetero) is 1. The predicted molar refractivity (Wildman–Crippen MR) is 146 cm³/mol. The van der Waals surface area contributed by atoms with Crippen LogP contribution in [0.5, 0.6) is 0 Å². The SMILES string of the molecule is CC1CCCN(c2nc(C(F)(F)F)c(C(=O)Cc3ccc(-c4ccc(C(=O)N5CCC(C(=O)O)CC5)cn4)cc3)o2)C1. The molecule has 2 fully saturated rings. The van der Waals surface area contributed by atoms with Crippen molar-refractivity contribution in [3.63, 3.8) is 0 Å². The number of piperidine rings is 2. The molecule has 12 heteroatoms. The fraction of sp³-hybridized carbons (Fsp3) is 0.433. The lowest BCUT2D eigenvalue weighted by molar-refractivity contribution is -0.143. The van der Waals surface area contributed by atoms with E-state index in [0.717, 1.165) is 12.8 Å². The van der Waals surface area contributed by atoms with Gasteiger partial charge >= 0.3 is 12.1 Å². The van der Waals surface area contributed by atoms with Gasteiger partial charge in [0.05, 0.1) is 17.2 Å². The van der Waals surface area contributed by atoms with E-state index in [9.17, 15) is 27.6 Å². The Morgan fingerprint density at radius 2 is 1.74 bits per heavy atom. The van der Waals surface area contributed by atoms with Crippen molar-refractivity contribution in [3.05, 3.63) is 65.2 Å². The molecule has 0 spiro atoms. The summed E-state index contributed by atoms with van der Waals surface area (Å²) in [6, 6.07) is 9.84. The number of oxazole rings is 1. The van der Waals surface area contributed by atoms with E-state index in [4.69, 9.17) is 9.52 Å². The zero-order valence-corrected chi connectivity index (χ0v) is 23.1. The molecular weight excluding hydrogens is 553 g/mol. The molecule has 222 valence electrons. The van der Waals surface area contributed by atoms with Crippen molar-refractivity contribution >= 4 is 23.7 Å². The maximum absolute atomic E-state index is 13.7. The van der Waals surface area contributed by atoms with E-state index in [1.807, 2.05) is 6.92 Å². The van der Waals surface area contributed by atoms with Gasteiger partial charge in [0.2, 0.25) is 11.5 Å². The third kappa shape index (κ3) is 6.47. The number of pyridine rings is 1. The number of carboxylic acids is 1. The highest BCUT2D eigenvalue weighted by Gasteiger charge is 2.42. The number of carbonyl (C=O) groups is 3. The summed E-state index contributed by atoms with van der Waals surface area (Å²) in [5.74, 6) is -2.80. The lowest BCUT2D eigenvalue weighted by Crippen LogP contribution is -2.40. The minimum Gasteiger partial charge on any atom is -0.481 e. The Hall–Kier alpha value is -4.22. The summed E-state index contributed by atoms with van der Waals surface area (Å²) in [6.07, 6.45) is -1.07. The zero-order chi connectivity index (χ0) is 30.0. The number of nitrogens with zero attached hydrogens (tertiary/aromatic N) is 4.